The molecule has 0 saturated carbocycles. The third kappa shape index (κ3) is 2.38. The Labute approximate surface area is 109 Å². The van der Waals surface area contributed by atoms with Gasteiger partial charge in [-0.2, -0.15) is 0 Å². The molecule has 3 nitrogen and oxygen atoms in total. The average molecular weight is 246 g/mol. The molecule has 2 aliphatic heterocycles. The van der Waals surface area contributed by atoms with Crippen LogP contribution in [-0.2, 0) is 17.7 Å². The van der Waals surface area contributed by atoms with Gasteiger partial charge in [0.2, 0.25) is 0 Å². The van der Waals surface area contributed by atoms with Crippen molar-refractivity contribution in [3.63, 3.8) is 0 Å². The number of rotatable bonds is 3. The lowest BCUT2D eigenvalue weighted by molar-refractivity contribution is 0.0389. The zero-order valence-electron chi connectivity index (χ0n) is 11.1. The Balaban J connectivity index is 1.65. The van der Waals surface area contributed by atoms with Crippen molar-refractivity contribution in [2.45, 2.75) is 31.9 Å². The largest absolute Gasteiger partial charge is 0.384 e. The molecule has 3 rings (SSSR count). The van der Waals surface area contributed by atoms with E-state index in [9.17, 15) is 0 Å². The zero-order chi connectivity index (χ0) is 12.4. The summed E-state index contributed by atoms with van der Waals surface area (Å²) in [6.07, 6.45) is 3.98. The Kier molecular flexibility index (Phi) is 3.52. The molecule has 18 heavy (non-hydrogen) atoms. The molecule has 1 aromatic carbocycles. The van der Waals surface area contributed by atoms with Crippen molar-refractivity contribution >= 4 is 5.69 Å². The molecule has 0 spiro atoms. The quantitative estimate of drug-likeness (QED) is 0.885. The maximum atomic E-state index is 5.42. The number of piperidine rings is 1. The number of nitrogens with one attached hydrogen (secondary N) is 1. The lowest BCUT2D eigenvalue weighted by Crippen LogP contribution is -2.36. The van der Waals surface area contributed by atoms with Crippen LogP contribution in [0.5, 0.6) is 0 Å². The molecule has 2 heterocycles. The number of benzene rings is 1. The molecule has 0 bridgehead atoms. The number of fused-ring (bicyclic) bond motifs is 1. The average Bonchev–Trinajstić information content (AvgIpc) is 2.89. The van der Waals surface area contributed by atoms with Gasteiger partial charge in [0.25, 0.3) is 0 Å². The summed E-state index contributed by atoms with van der Waals surface area (Å²) in [7, 11) is 1.83. The second-order valence-corrected chi connectivity index (χ2v) is 5.34. The van der Waals surface area contributed by atoms with E-state index in [1.807, 2.05) is 7.11 Å². The van der Waals surface area contributed by atoms with Gasteiger partial charge in [-0.25, -0.2) is 0 Å². The van der Waals surface area contributed by atoms with Crippen molar-refractivity contribution in [1.29, 1.82) is 0 Å². The van der Waals surface area contributed by atoms with E-state index in [1.165, 1.54) is 36.1 Å². The third-order valence-electron chi connectivity index (χ3n) is 4.20. The van der Waals surface area contributed by atoms with E-state index >= 15 is 0 Å². The highest BCUT2D eigenvalue weighted by molar-refractivity contribution is 5.61. The van der Waals surface area contributed by atoms with E-state index in [2.05, 4.69) is 28.4 Å². The van der Waals surface area contributed by atoms with Crippen LogP contribution >= 0.6 is 0 Å². The number of nitrogens with zero attached hydrogens (tertiary/aromatic N) is 1. The van der Waals surface area contributed by atoms with E-state index < -0.39 is 0 Å². The first-order valence-electron chi connectivity index (χ1n) is 6.96. The van der Waals surface area contributed by atoms with Gasteiger partial charge in [-0.05, 0) is 30.4 Å². The van der Waals surface area contributed by atoms with Gasteiger partial charge in [0.1, 0.15) is 0 Å². The van der Waals surface area contributed by atoms with Gasteiger partial charge in [-0.1, -0.05) is 18.2 Å². The molecular weight excluding hydrogens is 224 g/mol. The summed E-state index contributed by atoms with van der Waals surface area (Å²) in [6, 6.07) is 6.71. The molecule has 0 aromatic heterocycles. The molecule has 1 aromatic rings. The minimum atomic E-state index is 0.473. The lowest BCUT2D eigenvalue weighted by Gasteiger charge is -2.31. The van der Waals surface area contributed by atoms with Crippen molar-refractivity contribution in [3.05, 3.63) is 29.3 Å². The van der Waals surface area contributed by atoms with Crippen molar-refractivity contribution in [2.75, 3.05) is 32.1 Å². The maximum Gasteiger partial charge on any atom is 0.0595 e. The molecular formula is C15H22N2O. The van der Waals surface area contributed by atoms with Crippen LogP contribution in [0.4, 0.5) is 5.69 Å². The Morgan fingerprint density at radius 1 is 1.33 bits per heavy atom. The summed E-state index contributed by atoms with van der Waals surface area (Å²) in [5.74, 6) is 0. The van der Waals surface area contributed by atoms with Crippen molar-refractivity contribution in [2.24, 2.45) is 0 Å². The Morgan fingerprint density at radius 2 is 2.17 bits per heavy atom. The van der Waals surface area contributed by atoms with Crippen LogP contribution in [0.25, 0.3) is 0 Å². The minimum absolute atomic E-state index is 0.473. The van der Waals surface area contributed by atoms with Crippen LogP contribution in [0.2, 0.25) is 0 Å². The van der Waals surface area contributed by atoms with Gasteiger partial charge in [-0.3, -0.25) is 4.90 Å². The van der Waals surface area contributed by atoms with E-state index in [4.69, 9.17) is 4.74 Å². The minimum Gasteiger partial charge on any atom is -0.384 e. The van der Waals surface area contributed by atoms with Crippen LogP contribution in [0, 0.1) is 0 Å². The molecule has 1 N–H and O–H groups in total. The fraction of sp³-hybridized carbons (Fsp3) is 0.600. The number of para-hydroxylation sites is 1. The van der Waals surface area contributed by atoms with Crippen LogP contribution in [0.15, 0.2) is 18.2 Å². The molecule has 3 heteroatoms. The number of hydrogen-bond acceptors (Lipinski definition) is 3. The molecule has 2 aliphatic rings. The molecule has 1 fully saturated rings. The Hall–Kier alpha value is -1.06. The summed E-state index contributed by atoms with van der Waals surface area (Å²) < 4.78 is 5.42. The molecule has 0 unspecified atom stereocenters. The SMILES string of the molecule is COC1CCN(Cc2cccc3c2NCC3)CC1. The number of methoxy groups -OCH3 is 1. The molecule has 0 aliphatic carbocycles. The van der Waals surface area contributed by atoms with Gasteiger partial charge < -0.3 is 10.1 Å². The Morgan fingerprint density at radius 3 is 2.94 bits per heavy atom. The summed E-state index contributed by atoms with van der Waals surface area (Å²) in [6.45, 7) is 4.48. The van der Waals surface area contributed by atoms with E-state index in [1.54, 1.807) is 0 Å². The summed E-state index contributed by atoms with van der Waals surface area (Å²) >= 11 is 0. The van der Waals surface area contributed by atoms with E-state index in [-0.39, 0.29) is 0 Å². The molecule has 98 valence electrons. The predicted octanol–water partition coefficient (Wildman–Crippen LogP) is 2.27. The van der Waals surface area contributed by atoms with Crippen molar-refractivity contribution < 1.29 is 4.74 Å². The van der Waals surface area contributed by atoms with Gasteiger partial charge in [0, 0.05) is 39.0 Å². The predicted molar refractivity (Wildman–Crippen MR) is 73.9 cm³/mol. The maximum absolute atomic E-state index is 5.42. The highest BCUT2D eigenvalue weighted by atomic mass is 16.5. The first-order valence-corrected chi connectivity index (χ1v) is 6.96. The molecule has 0 atom stereocenters. The van der Waals surface area contributed by atoms with Gasteiger partial charge in [-0.15, -0.1) is 0 Å². The molecule has 0 radical (unpaired) electrons. The van der Waals surface area contributed by atoms with Crippen LogP contribution in [0.3, 0.4) is 0 Å². The van der Waals surface area contributed by atoms with Crippen LogP contribution in [0.1, 0.15) is 24.0 Å². The number of hydrogen-bond donors (Lipinski definition) is 1. The first kappa shape index (κ1) is 12.0. The van der Waals surface area contributed by atoms with Crippen molar-refractivity contribution in [3.8, 4) is 0 Å². The second-order valence-electron chi connectivity index (χ2n) is 5.34. The number of anilines is 1. The van der Waals surface area contributed by atoms with Crippen LogP contribution < -0.4 is 5.32 Å². The summed E-state index contributed by atoms with van der Waals surface area (Å²) in [5, 5.41) is 3.53. The lowest BCUT2D eigenvalue weighted by atomic mass is 10.0. The second kappa shape index (κ2) is 5.29. The van der Waals surface area contributed by atoms with Gasteiger partial charge >= 0.3 is 0 Å². The Bertz CT molecular complexity index is 411. The first-order chi connectivity index (χ1) is 8.86. The standard InChI is InChI=1S/C15H22N2O/c1-18-14-6-9-17(10-7-14)11-13-4-2-3-12-5-8-16-15(12)13/h2-4,14,16H,5-11H2,1H3. The summed E-state index contributed by atoms with van der Waals surface area (Å²) in [5.41, 5.74) is 4.34. The smallest absolute Gasteiger partial charge is 0.0595 e. The fourth-order valence-electron chi connectivity index (χ4n) is 3.09. The van der Waals surface area contributed by atoms with E-state index in [0.29, 0.717) is 6.10 Å². The number of likely N-dealkylation sites (tertiary alicyclic amines) is 1. The summed E-state index contributed by atoms with van der Waals surface area (Å²) in [4.78, 5) is 2.55. The molecule has 0 amide bonds. The van der Waals surface area contributed by atoms with Crippen LogP contribution in [-0.4, -0.2) is 37.7 Å². The third-order valence-corrected chi connectivity index (χ3v) is 4.20. The van der Waals surface area contributed by atoms with E-state index in [0.717, 1.165) is 26.2 Å². The molecule has 1 saturated heterocycles. The number of ether oxygens (including phenoxy) is 1. The monoisotopic (exact) mass is 246 g/mol. The topological polar surface area (TPSA) is 24.5 Å². The highest BCUT2D eigenvalue weighted by Gasteiger charge is 2.20. The highest BCUT2D eigenvalue weighted by Crippen LogP contribution is 2.28. The van der Waals surface area contributed by atoms with Crippen molar-refractivity contribution in [1.82, 2.24) is 4.90 Å². The van der Waals surface area contributed by atoms with Gasteiger partial charge in [0.05, 0.1) is 6.10 Å². The normalized spacial score (nSPS) is 20.7. The van der Waals surface area contributed by atoms with Gasteiger partial charge in [0.15, 0.2) is 0 Å². The zero-order valence-corrected chi connectivity index (χ0v) is 11.1. The fourth-order valence-corrected chi connectivity index (χ4v) is 3.09.